The van der Waals surface area contributed by atoms with Gasteiger partial charge in [0.25, 0.3) is 0 Å². The number of carbonyl (C=O) groups is 2. The third-order valence-electron chi connectivity index (χ3n) is 5.01. The number of rotatable bonds is 3. The van der Waals surface area contributed by atoms with Crippen LogP contribution in [0.5, 0.6) is 5.75 Å². The minimum absolute atomic E-state index is 0.171. The summed E-state index contributed by atoms with van der Waals surface area (Å²) in [6.07, 6.45) is 4.09. The van der Waals surface area contributed by atoms with Crippen LogP contribution in [0.2, 0.25) is 0 Å². The molecule has 5 nitrogen and oxygen atoms in total. The lowest BCUT2D eigenvalue weighted by molar-refractivity contribution is -0.137. The topological polar surface area (TPSA) is 61.8 Å². The summed E-state index contributed by atoms with van der Waals surface area (Å²) in [5.74, 6) is 1.11. The van der Waals surface area contributed by atoms with Crippen LogP contribution in [0, 0.1) is 11.8 Å². The van der Waals surface area contributed by atoms with E-state index < -0.39 is 0 Å². The lowest BCUT2D eigenvalue weighted by atomic mass is 9.72. The smallest absolute Gasteiger partial charge is 0.302 e. The van der Waals surface area contributed by atoms with E-state index in [1.807, 2.05) is 30.3 Å². The van der Waals surface area contributed by atoms with Crippen LogP contribution in [0.3, 0.4) is 0 Å². The Morgan fingerprint density at radius 1 is 1.27 bits per heavy atom. The van der Waals surface area contributed by atoms with E-state index in [2.05, 4.69) is 18.2 Å². The Hall–Kier alpha value is -2.40. The van der Waals surface area contributed by atoms with Crippen LogP contribution >= 0.6 is 0 Å². The third-order valence-corrected chi connectivity index (χ3v) is 5.01. The molecule has 0 amide bonds. The number of fused-ring (bicyclic) bond motifs is 1. The summed E-state index contributed by atoms with van der Waals surface area (Å²) in [4.78, 5) is 21.3. The quantitative estimate of drug-likeness (QED) is 0.775. The largest absolute Gasteiger partial charge is 0.497 e. The van der Waals surface area contributed by atoms with Crippen molar-refractivity contribution < 1.29 is 23.8 Å². The SMILES string of the molecule is C=C(c1ccc(OC)cc1)C1COC2(C)C=CC(=O)CC12.COC(C)=O. The van der Waals surface area contributed by atoms with Crippen LogP contribution in [0.4, 0.5) is 0 Å². The van der Waals surface area contributed by atoms with Crippen LogP contribution in [0.25, 0.3) is 5.57 Å². The molecule has 0 aromatic heterocycles. The number of esters is 1. The molecule has 1 aromatic rings. The number of allylic oxidation sites excluding steroid dienone is 1. The van der Waals surface area contributed by atoms with Crippen LogP contribution in [-0.2, 0) is 19.1 Å². The molecule has 0 spiro atoms. The van der Waals surface area contributed by atoms with E-state index in [9.17, 15) is 9.59 Å². The Balaban J connectivity index is 0.000000431. The first-order chi connectivity index (χ1) is 12.3. The molecule has 3 atom stereocenters. The van der Waals surface area contributed by atoms with Gasteiger partial charge in [-0.2, -0.15) is 0 Å². The minimum atomic E-state index is -0.339. The van der Waals surface area contributed by atoms with E-state index in [1.54, 1.807) is 13.2 Å². The van der Waals surface area contributed by atoms with Crippen LogP contribution in [0.15, 0.2) is 43.0 Å². The summed E-state index contributed by atoms with van der Waals surface area (Å²) in [5, 5.41) is 0. The van der Waals surface area contributed by atoms with E-state index in [1.165, 1.54) is 14.0 Å². The Morgan fingerprint density at radius 3 is 2.42 bits per heavy atom. The predicted octanol–water partition coefficient (Wildman–Crippen LogP) is 3.44. The van der Waals surface area contributed by atoms with Crippen molar-refractivity contribution in [1.29, 1.82) is 0 Å². The van der Waals surface area contributed by atoms with Gasteiger partial charge in [-0.1, -0.05) is 18.7 Å². The second kappa shape index (κ2) is 8.32. The van der Waals surface area contributed by atoms with E-state index in [0.717, 1.165) is 16.9 Å². The average molecular weight is 358 g/mol. The zero-order valence-electron chi connectivity index (χ0n) is 15.8. The molecule has 140 valence electrons. The maximum Gasteiger partial charge on any atom is 0.302 e. The molecule has 3 rings (SSSR count). The molecule has 0 saturated carbocycles. The molecule has 0 bridgehead atoms. The molecular formula is C21H26O5. The summed E-state index contributed by atoms with van der Waals surface area (Å²) in [6, 6.07) is 7.89. The number of ketones is 1. The van der Waals surface area contributed by atoms with Gasteiger partial charge in [0.15, 0.2) is 5.78 Å². The lowest BCUT2D eigenvalue weighted by Crippen LogP contribution is -2.36. The van der Waals surface area contributed by atoms with Crippen molar-refractivity contribution in [3.05, 3.63) is 48.6 Å². The van der Waals surface area contributed by atoms with Crippen molar-refractivity contribution in [2.45, 2.75) is 25.9 Å². The predicted molar refractivity (Wildman–Crippen MR) is 99.8 cm³/mol. The third kappa shape index (κ3) is 4.41. The summed E-state index contributed by atoms with van der Waals surface area (Å²) in [5.41, 5.74) is 1.78. The first kappa shape index (κ1) is 19.9. The van der Waals surface area contributed by atoms with Crippen molar-refractivity contribution in [3.8, 4) is 5.75 Å². The first-order valence-corrected chi connectivity index (χ1v) is 8.54. The van der Waals surface area contributed by atoms with Crippen molar-refractivity contribution in [1.82, 2.24) is 0 Å². The van der Waals surface area contributed by atoms with Crippen molar-refractivity contribution in [3.63, 3.8) is 0 Å². The van der Waals surface area contributed by atoms with Gasteiger partial charge in [-0.3, -0.25) is 9.59 Å². The maximum atomic E-state index is 11.7. The van der Waals surface area contributed by atoms with Gasteiger partial charge in [0.05, 0.1) is 26.4 Å². The summed E-state index contributed by atoms with van der Waals surface area (Å²) in [7, 11) is 3.00. The molecule has 1 aromatic carbocycles. The van der Waals surface area contributed by atoms with Crippen LogP contribution < -0.4 is 4.74 Å². The van der Waals surface area contributed by atoms with Gasteiger partial charge in [-0.05, 0) is 42.3 Å². The van der Waals surface area contributed by atoms with Gasteiger partial charge in [0.1, 0.15) is 5.75 Å². The molecule has 1 aliphatic carbocycles. The molecule has 3 unspecified atom stereocenters. The highest BCUT2D eigenvalue weighted by Gasteiger charge is 2.48. The molecule has 1 aliphatic heterocycles. The highest BCUT2D eigenvalue weighted by atomic mass is 16.5. The monoisotopic (exact) mass is 358 g/mol. The van der Waals surface area contributed by atoms with E-state index >= 15 is 0 Å². The van der Waals surface area contributed by atoms with Crippen molar-refractivity contribution in [2.24, 2.45) is 11.8 Å². The zero-order valence-corrected chi connectivity index (χ0v) is 15.8. The average Bonchev–Trinajstić information content (AvgIpc) is 2.98. The van der Waals surface area contributed by atoms with Gasteiger partial charge < -0.3 is 14.2 Å². The Kier molecular flexibility index (Phi) is 6.37. The highest BCUT2D eigenvalue weighted by Crippen LogP contribution is 2.46. The van der Waals surface area contributed by atoms with Crippen LogP contribution in [0.1, 0.15) is 25.8 Å². The number of methoxy groups -OCH3 is 2. The van der Waals surface area contributed by atoms with Gasteiger partial charge in [0, 0.05) is 25.2 Å². The van der Waals surface area contributed by atoms with Crippen molar-refractivity contribution in [2.75, 3.05) is 20.8 Å². The Bertz CT molecular complexity index is 704. The fourth-order valence-corrected chi connectivity index (χ4v) is 3.31. The van der Waals surface area contributed by atoms with Crippen molar-refractivity contribution >= 4 is 17.3 Å². The van der Waals surface area contributed by atoms with Gasteiger partial charge in [-0.25, -0.2) is 0 Å². The highest BCUT2D eigenvalue weighted by molar-refractivity contribution is 5.91. The minimum Gasteiger partial charge on any atom is -0.497 e. The number of ether oxygens (including phenoxy) is 3. The second-order valence-electron chi connectivity index (χ2n) is 6.66. The number of hydrogen-bond acceptors (Lipinski definition) is 5. The summed E-state index contributed by atoms with van der Waals surface area (Å²) < 4.78 is 15.3. The van der Waals surface area contributed by atoms with Crippen LogP contribution in [-0.4, -0.2) is 38.2 Å². The molecular weight excluding hydrogens is 332 g/mol. The molecule has 1 heterocycles. The Morgan fingerprint density at radius 2 is 1.88 bits per heavy atom. The summed E-state index contributed by atoms with van der Waals surface area (Å²) >= 11 is 0. The standard InChI is InChI=1S/C18H20O3.C3H6O2/c1-12(13-4-6-15(20-3)7-5-13)16-11-21-18(2)9-8-14(19)10-17(16)18;1-3(4)5-2/h4-9,16-17H,1,10-11H2,2-3H3;1-2H3. The fraction of sp³-hybridized carbons (Fsp3) is 0.429. The maximum absolute atomic E-state index is 11.7. The molecule has 0 N–H and O–H groups in total. The summed E-state index contributed by atoms with van der Waals surface area (Å²) in [6.45, 7) is 8.29. The van der Waals surface area contributed by atoms with Gasteiger partial charge in [0.2, 0.25) is 0 Å². The Labute approximate surface area is 154 Å². The second-order valence-corrected chi connectivity index (χ2v) is 6.66. The van der Waals surface area contributed by atoms with Gasteiger partial charge in [-0.15, -0.1) is 0 Å². The lowest BCUT2D eigenvalue weighted by Gasteiger charge is -2.32. The zero-order chi connectivity index (χ0) is 19.3. The van der Waals surface area contributed by atoms with Gasteiger partial charge >= 0.3 is 5.97 Å². The van der Waals surface area contributed by atoms with E-state index in [4.69, 9.17) is 9.47 Å². The van der Waals surface area contributed by atoms with E-state index in [-0.39, 0.29) is 29.2 Å². The molecule has 5 heteroatoms. The molecule has 1 saturated heterocycles. The molecule has 0 radical (unpaired) electrons. The first-order valence-electron chi connectivity index (χ1n) is 8.54. The molecule has 1 fully saturated rings. The van der Waals surface area contributed by atoms with E-state index in [0.29, 0.717) is 13.0 Å². The number of benzene rings is 1. The molecule has 26 heavy (non-hydrogen) atoms. The number of hydrogen-bond donors (Lipinski definition) is 0. The molecule has 2 aliphatic rings. The normalized spacial score (nSPS) is 26.4. The number of carbonyl (C=O) groups excluding carboxylic acids is 2. The fourth-order valence-electron chi connectivity index (χ4n) is 3.31.